The molecule has 1 saturated heterocycles. The lowest BCUT2D eigenvalue weighted by Gasteiger charge is -2.30. The van der Waals surface area contributed by atoms with Crippen LogP contribution in [0.25, 0.3) is 0 Å². The lowest BCUT2D eigenvalue weighted by atomic mass is 10.2. The molecule has 1 aromatic carbocycles. The van der Waals surface area contributed by atoms with Gasteiger partial charge in [0.1, 0.15) is 4.88 Å². The lowest BCUT2D eigenvalue weighted by Crippen LogP contribution is -2.36. The van der Waals surface area contributed by atoms with Crippen molar-refractivity contribution in [1.82, 2.24) is 0 Å². The highest BCUT2D eigenvalue weighted by atomic mass is 35.5. The van der Waals surface area contributed by atoms with Gasteiger partial charge in [-0.1, -0.05) is 23.7 Å². The first-order valence-electron chi connectivity index (χ1n) is 6.72. The number of carbonyl (C=O) groups is 1. The summed E-state index contributed by atoms with van der Waals surface area (Å²) in [4.78, 5) is 15.1. The van der Waals surface area contributed by atoms with Gasteiger partial charge in [0, 0.05) is 13.1 Å². The van der Waals surface area contributed by atoms with E-state index in [1.807, 2.05) is 29.6 Å². The lowest BCUT2D eigenvalue weighted by molar-refractivity contribution is 0.103. The number of halogens is 1. The maximum absolute atomic E-state index is 12.3. The van der Waals surface area contributed by atoms with E-state index < -0.39 is 0 Å². The Labute approximate surface area is 132 Å². The summed E-state index contributed by atoms with van der Waals surface area (Å²) in [5, 5.41) is 5.25. The fourth-order valence-electron chi connectivity index (χ4n) is 2.29. The Hall–Kier alpha value is -1.56. The maximum atomic E-state index is 12.3. The van der Waals surface area contributed by atoms with Gasteiger partial charge in [-0.25, -0.2) is 0 Å². The van der Waals surface area contributed by atoms with E-state index >= 15 is 0 Å². The predicted octanol–water partition coefficient (Wildman–Crippen LogP) is 3.49. The first-order chi connectivity index (χ1) is 10.3. The molecule has 2 aromatic rings. The van der Waals surface area contributed by atoms with Gasteiger partial charge in [-0.2, -0.15) is 0 Å². The van der Waals surface area contributed by atoms with Crippen LogP contribution in [0.4, 0.5) is 11.4 Å². The first-order valence-corrected chi connectivity index (χ1v) is 7.97. The Morgan fingerprint density at radius 1 is 1.24 bits per heavy atom. The van der Waals surface area contributed by atoms with E-state index in [0.29, 0.717) is 23.1 Å². The number of hydrogen-bond acceptors (Lipinski definition) is 4. The Bertz CT molecular complexity index is 638. The van der Waals surface area contributed by atoms with Crippen LogP contribution in [0, 0.1) is 0 Å². The van der Waals surface area contributed by atoms with E-state index in [2.05, 4.69) is 10.2 Å². The normalized spacial score (nSPS) is 15.0. The minimum absolute atomic E-state index is 0.171. The van der Waals surface area contributed by atoms with Gasteiger partial charge in [0.05, 0.1) is 29.6 Å². The summed E-state index contributed by atoms with van der Waals surface area (Å²) >= 11 is 7.35. The molecule has 110 valence electrons. The van der Waals surface area contributed by atoms with Crippen molar-refractivity contribution >= 4 is 40.2 Å². The van der Waals surface area contributed by atoms with Crippen molar-refractivity contribution in [2.45, 2.75) is 0 Å². The minimum atomic E-state index is -0.171. The van der Waals surface area contributed by atoms with Gasteiger partial charge < -0.3 is 15.0 Å². The average molecular weight is 323 g/mol. The minimum Gasteiger partial charge on any atom is -0.378 e. The number of benzene rings is 1. The number of nitrogens with one attached hydrogen (secondary N) is 1. The van der Waals surface area contributed by atoms with Crippen LogP contribution in [0.2, 0.25) is 5.02 Å². The smallest absolute Gasteiger partial charge is 0.267 e. The number of amides is 1. The van der Waals surface area contributed by atoms with Gasteiger partial charge in [0.15, 0.2) is 0 Å². The van der Waals surface area contributed by atoms with Gasteiger partial charge in [0.2, 0.25) is 0 Å². The van der Waals surface area contributed by atoms with Crippen LogP contribution in [0.1, 0.15) is 9.67 Å². The number of nitrogens with zero attached hydrogens (tertiary/aromatic N) is 1. The third-order valence-corrected chi connectivity index (χ3v) is 4.67. The summed E-state index contributed by atoms with van der Waals surface area (Å²) in [6.07, 6.45) is 0. The number of carbonyl (C=O) groups excluding carboxylic acids is 1. The van der Waals surface area contributed by atoms with Crippen molar-refractivity contribution in [3.8, 4) is 0 Å². The molecule has 0 bridgehead atoms. The van der Waals surface area contributed by atoms with E-state index in [9.17, 15) is 4.79 Å². The van der Waals surface area contributed by atoms with E-state index in [4.69, 9.17) is 16.3 Å². The van der Waals surface area contributed by atoms with Crippen LogP contribution in [0.15, 0.2) is 35.7 Å². The van der Waals surface area contributed by atoms with E-state index in [1.165, 1.54) is 11.3 Å². The molecule has 4 nitrogen and oxygen atoms in total. The van der Waals surface area contributed by atoms with Crippen molar-refractivity contribution in [2.24, 2.45) is 0 Å². The number of morpholine rings is 1. The zero-order chi connectivity index (χ0) is 14.7. The molecule has 21 heavy (non-hydrogen) atoms. The molecule has 0 radical (unpaired) electrons. The zero-order valence-corrected chi connectivity index (χ0v) is 12.9. The highest BCUT2D eigenvalue weighted by Gasteiger charge is 2.17. The molecule has 1 amide bonds. The third-order valence-electron chi connectivity index (χ3n) is 3.33. The van der Waals surface area contributed by atoms with Crippen molar-refractivity contribution < 1.29 is 9.53 Å². The highest BCUT2D eigenvalue weighted by Crippen LogP contribution is 2.28. The van der Waals surface area contributed by atoms with Crippen LogP contribution in [0.5, 0.6) is 0 Å². The molecule has 0 spiro atoms. The fraction of sp³-hybridized carbons (Fsp3) is 0.267. The van der Waals surface area contributed by atoms with Gasteiger partial charge >= 0.3 is 0 Å². The second kappa shape index (κ2) is 6.47. The molecule has 3 rings (SSSR count). The van der Waals surface area contributed by atoms with E-state index in [-0.39, 0.29) is 5.91 Å². The van der Waals surface area contributed by atoms with Crippen molar-refractivity contribution in [3.63, 3.8) is 0 Å². The van der Waals surface area contributed by atoms with Crippen molar-refractivity contribution in [3.05, 3.63) is 45.6 Å². The Balaban J connectivity index is 1.82. The molecule has 2 heterocycles. The summed E-state index contributed by atoms with van der Waals surface area (Å²) in [6.45, 7) is 3.07. The number of anilines is 2. The van der Waals surface area contributed by atoms with Crippen LogP contribution in [-0.4, -0.2) is 32.2 Å². The predicted molar refractivity (Wildman–Crippen MR) is 86.8 cm³/mol. The van der Waals surface area contributed by atoms with Gasteiger partial charge in [-0.05, 0) is 23.6 Å². The van der Waals surface area contributed by atoms with Gasteiger partial charge in [0.25, 0.3) is 5.91 Å². The molecule has 0 unspecified atom stereocenters. The van der Waals surface area contributed by atoms with E-state index in [0.717, 1.165) is 24.5 Å². The van der Waals surface area contributed by atoms with Crippen LogP contribution in [0.3, 0.4) is 0 Å². The quantitative estimate of drug-likeness (QED) is 0.940. The molecule has 0 atom stereocenters. The third kappa shape index (κ3) is 3.20. The molecular weight excluding hydrogens is 308 g/mol. The van der Waals surface area contributed by atoms with Crippen molar-refractivity contribution in [1.29, 1.82) is 0 Å². The van der Waals surface area contributed by atoms with Crippen molar-refractivity contribution in [2.75, 3.05) is 36.5 Å². The number of ether oxygens (including phenoxy) is 1. The molecule has 6 heteroatoms. The molecular formula is C15H15ClN2O2S. The van der Waals surface area contributed by atoms with E-state index in [1.54, 1.807) is 6.07 Å². The fourth-order valence-corrected chi connectivity index (χ4v) is 3.33. The van der Waals surface area contributed by atoms with Gasteiger partial charge in [-0.3, -0.25) is 4.79 Å². The second-order valence-corrected chi connectivity index (χ2v) is 5.99. The Kier molecular flexibility index (Phi) is 4.43. The molecule has 1 fully saturated rings. The molecule has 1 N–H and O–H groups in total. The summed E-state index contributed by atoms with van der Waals surface area (Å²) < 4.78 is 5.37. The number of rotatable bonds is 3. The van der Waals surface area contributed by atoms with Crippen LogP contribution in [-0.2, 0) is 4.74 Å². The summed E-state index contributed by atoms with van der Waals surface area (Å²) in [5.41, 5.74) is 1.82. The highest BCUT2D eigenvalue weighted by molar-refractivity contribution is 7.12. The largest absolute Gasteiger partial charge is 0.378 e. The summed E-state index contributed by atoms with van der Waals surface area (Å²) in [5.74, 6) is -0.171. The average Bonchev–Trinajstić information content (AvgIpc) is 2.95. The standard InChI is InChI=1S/C15H15ClN2O2S/c16-11-5-10-21-14(11)15(19)17-12-3-1-2-4-13(12)18-6-8-20-9-7-18/h1-5,10H,6-9H2,(H,17,19). The Morgan fingerprint density at radius 3 is 2.71 bits per heavy atom. The Morgan fingerprint density at radius 2 is 2.00 bits per heavy atom. The van der Waals surface area contributed by atoms with Crippen LogP contribution >= 0.6 is 22.9 Å². The topological polar surface area (TPSA) is 41.6 Å². The SMILES string of the molecule is O=C(Nc1ccccc1N1CCOCC1)c1sccc1Cl. The number of thiophene rings is 1. The zero-order valence-electron chi connectivity index (χ0n) is 11.3. The number of hydrogen-bond donors (Lipinski definition) is 1. The number of para-hydroxylation sites is 2. The summed E-state index contributed by atoms with van der Waals surface area (Å²) in [6, 6.07) is 9.53. The molecule has 1 aromatic heterocycles. The summed E-state index contributed by atoms with van der Waals surface area (Å²) in [7, 11) is 0. The van der Waals surface area contributed by atoms with Gasteiger partial charge in [-0.15, -0.1) is 11.3 Å². The maximum Gasteiger partial charge on any atom is 0.267 e. The molecule has 0 aliphatic carbocycles. The molecule has 1 aliphatic heterocycles. The first kappa shape index (κ1) is 14.4. The van der Waals surface area contributed by atoms with Crippen LogP contribution < -0.4 is 10.2 Å². The molecule has 0 saturated carbocycles. The monoisotopic (exact) mass is 322 g/mol. The molecule has 1 aliphatic rings. The second-order valence-electron chi connectivity index (χ2n) is 4.67.